The molecule has 5 nitrogen and oxygen atoms in total. The van der Waals surface area contributed by atoms with Crippen molar-refractivity contribution in [1.82, 2.24) is 15.4 Å². The maximum atomic E-state index is 11.2. The topological polar surface area (TPSA) is 80.9 Å². The summed E-state index contributed by atoms with van der Waals surface area (Å²) in [5, 5.41) is 0.775. The van der Waals surface area contributed by atoms with Gasteiger partial charge in [0.1, 0.15) is 0 Å². The third kappa shape index (κ3) is 4.32. The lowest BCUT2D eigenvalue weighted by atomic mass is 10.1. The Balaban J connectivity index is 1.92. The van der Waals surface area contributed by atoms with Gasteiger partial charge in [-0.25, -0.2) is 15.8 Å². The van der Waals surface area contributed by atoms with Crippen LogP contribution in [0.5, 0.6) is 0 Å². The maximum absolute atomic E-state index is 11.2. The van der Waals surface area contributed by atoms with Crippen LogP contribution in [-0.4, -0.2) is 15.9 Å². The van der Waals surface area contributed by atoms with Crippen molar-refractivity contribution in [3.05, 3.63) is 53.3 Å². The first-order chi connectivity index (χ1) is 9.67. The number of nitrogens with zero attached hydrogens (tertiary/aromatic N) is 2. The predicted molar refractivity (Wildman–Crippen MR) is 78.8 cm³/mol. The molecular formula is C14H16N4OS. The van der Waals surface area contributed by atoms with Crippen molar-refractivity contribution in [2.75, 3.05) is 0 Å². The molecule has 0 aliphatic rings. The van der Waals surface area contributed by atoms with Crippen LogP contribution in [-0.2, 0) is 17.0 Å². The van der Waals surface area contributed by atoms with Crippen molar-refractivity contribution >= 4 is 17.7 Å². The van der Waals surface area contributed by atoms with E-state index in [2.05, 4.69) is 15.4 Å². The summed E-state index contributed by atoms with van der Waals surface area (Å²) in [4.78, 5) is 19.7. The molecule has 0 aliphatic carbocycles. The molecule has 0 aliphatic heterocycles. The monoisotopic (exact) mass is 288 g/mol. The zero-order chi connectivity index (χ0) is 14.4. The molecule has 0 spiro atoms. The van der Waals surface area contributed by atoms with Crippen molar-refractivity contribution in [3.63, 3.8) is 0 Å². The SMILES string of the molecule is Cc1ccnc(SCc2ccc(CC(=O)NN)cc2)n1. The fourth-order valence-corrected chi connectivity index (χ4v) is 2.47. The largest absolute Gasteiger partial charge is 0.294 e. The molecule has 0 fully saturated rings. The molecule has 1 aromatic carbocycles. The highest BCUT2D eigenvalue weighted by Crippen LogP contribution is 2.19. The number of nitrogens with one attached hydrogen (secondary N) is 1. The summed E-state index contributed by atoms with van der Waals surface area (Å²) in [5.41, 5.74) is 5.19. The minimum absolute atomic E-state index is 0.194. The highest BCUT2D eigenvalue weighted by Gasteiger charge is 2.03. The van der Waals surface area contributed by atoms with E-state index in [0.717, 1.165) is 27.7 Å². The summed E-state index contributed by atoms with van der Waals surface area (Å²) < 4.78 is 0. The minimum atomic E-state index is -0.194. The molecule has 0 bridgehead atoms. The van der Waals surface area contributed by atoms with Gasteiger partial charge in [0.05, 0.1) is 6.42 Å². The summed E-state index contributed by atoms with van der Waals surface area (Å²) in [6.45, 7) is 1.95. The van der Waals surface area contributed by atoms with Crippen molar-refractivity contribution in [2.24, 2.45) is 5.84 Å². The summed E-state index contributed by atoms with van der Waals surface area (Å²) in [7, 11) is 0. The Labute approximate surface area is 122 Å². The molecule has 0 unspecified atom stereocenters. The molecule has 2 rings (SSSR count). The van der Waals surface area contributed by atoms with E-state index >= 15 is 0 Å². The quantitative estimate of drug-likeness (QED) is 0.287. The Hall–Kier alpha value is -1.92. The first kappa shape index (κ1) is 14.5. The van der Waals surface area contributed by atoms with Gasteiger partial charge in [-0.2, -0.15) is 0 Å². The second-order valence-corrected chi connectivity index (χ2v) is 5.27. The van der Waals surface area contributed by atoms with E-state index in [9.17, 15) is 4.79 Å². The molecule has 0 saturated carbocycles. The van der Waals surface area contributed by atoms with Crippen molar-refractivity contribution in [1.29, 1.82) is 0 Å². The van der Waals surface area contributed by atoms with Gasteiger partial charge in [0.15, 0.2) is 5.16 Å². The first-order valence-corrected chi connectivity index (χ1v) is 7.15. The van der Waals surface area contributed by atoms with E-state index in [-0.39, 0.29) is 5.91 Å². The second kappa shape index (κ2) is 7.02. The highest BCUT2D eigenvalue weighted by atomic mass is 32.2. The fraction of sp³-hybridized carbons (Fsp3) is 0.214. The lowest BCUT2D eigenvalue weighted by molar-refractivity contribution is -0.120. The van der Waals surface area contributed by atoms with Crippen LogP contribution in [0.15, 0.2) is 41.7 Å². The van der Waals surface area contributed by atoms with Gasteiger partial charge in [-0.15, -0.1) is 0 Å². The van der Waals surface area contributed by atoms with Crippen LogP contribution in [0.4, 0.5) is 0 Å². The molecule has 104 valence electrons. The van der Waals surface area contributed by atoms with E-state index in [1.165, 1.54) is 0 Å². The molecule has 1 aromatic heterocycles. The average molecular weight is 288 g/mol. The fourth-order valence-electron chi connectivity index (χ4n) is 1.63. The summed E-state index contributed by atoms with van der Waals surface area (Å²) in [6.07, 6.45) is 2.06. The van der Waals surface area contributed by atoms with Crippen LogP contribution in [0.1, 0.15) is 16.8 Å². The zero-order valence-corrected chi connectivity index (χ0v) is 12.0. The van der Waals surface area contributed by atoms with Gasteiger partial charge in [0, 0.05) is 17.6 Å². The van der Waals surface area contributed by atoms with Crippen LogP contribution in [0.2, 0.25) is 0 Å². The van der Waals surface area contributed by atoms with E-state index in [0.29, 0.717) is 6.42 Å². The first-order valence-electron chi connectivity index (χ1n) is 6.17. The molecule has 2 aromatic rings. The molecule has 3 N–H and O–H groups in total. The third-order valence-electron chi connectivity index (χ3n) is 2.69. The van der Waals surface area contributed by atoms with E-state index < -0.39 is 0 Å². The molecule has 20 heavy (non-hydrogen) atoms. The van der Waals surface area contributed by atoms with Crippen LogP contribution >= 0.6 is 11.8 Å². The molecule has 0 atom stereocenters. The zero-order valence-electron chi connectivity index (χ0n) is 11.2. The Morgan fingerprint density at radius 2 is 1.95 bits per heavy atom. The number of hydrazine groups is 1. The molecule has 6 heteroatoms. The van der Waals surface area contributed by atoms with Crippen molar-refractivity contribution < 1.29 is 4.79 Å². The van der Waals surface area contributed by atoms with Crippen LogP contribution in [0.3, 0.4) is 0 Å². The van der Waals surface area contributed by atoms with E-state index in [1.54, 1.807) is 18.0 Å². The van der Waals surface area contributed by atoms with Gasteiger partial charge in [-0.05, 0) is 24.1 Å². The number of rotatable bonds is 5. The number of carbonyl (C=O) groups is 1. The van der Waals surface area contributed by atoms with Gasteiger partial charge in [0.25, 0.3) is 0 Å². The van der Waals surface area contributed by atoms with Gasteiger partial charge in [-0.3, -0.25) is 10.2 Å². The van der Waals surface area contributed by atoms with E-state index in [4.69, 9.17) is 5.84 Å². The van der Waals surface area contributed by atoms with Gasteiger partial charge < -0.3 is 0 Å². The normalized spacial score (nSPS) is 10.3. The van der Waals surface area contributed by atoms with Crippen LogP contribution in [0.25, 0.3) is 0 Å². The summed E-state index contributed by atoms with van der Waals surface area (Å²) in [6, 6.07) is 9.75. The summed E-state index contributed by atoms with van der Waals surface area (Å²) >= 11 is 1.59. The van der Waals surface area contributed by atoms with Gasteiger partial charge >= 0.3 is 0 Å². The number of amides is 1. The minimum Gasteiger partial charge on any atom is -0.294 e. The standard InChI is InChI=1S/C14H16N4OS/c1-10-6-7-16-14(17-10)20-9-12-4-2-11(3-5-12)8-13(19)18-15/h2-7H,8-9,15H2,1H3,(H,18,19). The molecule has 1 heterocycles. The molecule has 0 saturated heterocycles. The molecule has 1 amide bonds. The average Bonchev–Trinajstić information content (AvgIpc) is 2.46. The number of hydrogen-bond acceptors (Lipinski definition) is 5. The van der Waals surface area contributed by atoms with Crippen molar-refractivity contribution in [2.45, 2.75) is 24.3 Å². The summed E-state index contributed by atoms with van der Waals surface area (Å²) in [5.74, 6) is 5.66. The number of hydrogen-bond donors (Lipinski definition) is 2. The predicted octanol–water partition coefficient (Wildman–Crippen LogP) is 1.61. The molecular weight excluding hydrogens is 272 g/mol. The number of aromatic nitrogens is 2. The Bertz CT molecular complexity index is 586. The van der Waals surface area contributed by atoms with E-state index in [1.807, 2.05) is 37.3 Å². The Morgan fingerprint density at radius 3 is 2.60 bits per heavy atom. The lowest BCUT2D eigenvalue weighted by Crippen LogP contribution is -2.31. The van der Waals surface area contributed by atoms with Gasteiger partial charge in [-0.1, -0.05) is 36.0 Å². The molecule has 0 radical (unpaired) electrons. The smallest absolute Gasteiger partial charge is 0.238 e. The second-order valence-electron chi connectivity index (χ2n) is 4.33. The third-order valence-corrected chi connectivity index (χ3v) is 3.62. The number of aryl methyl sites for hydroxylation is 1. The maximum Gasteiger partial charge on any atom is 0.238 e. The Kier molecular flexibility index (Phi) is 5.09. The highest BCUT2D eigenvalue weighted by molar-refractivity contribution is 7.98. The number of carbonyl (C=O) groups excluding carboxylic acids is 1. The lowest BCUT2D eigenvalue weighted by Gasteiger charge is -2.04. The number of benzene rings is 1. The number of thioether (sulfide) groups is 1. The van der Waals surface area contributed by atoms with Crippen molar-refractivity contribution in [3.8, 4) is 0 Å². The van der Waals surface area contributed by atoms with Crippen LogP contribution in [0, 0.1) is 6.92 Å². The van der Waals surface area contributed by atoms with Crippen LogP contribution < -0.4 is 11.3 Å². The van der Waals surface area contributed by atoms with Gasteiger partial charge in [0.2, 0.25) is 5.91 Å². The Morgan fingerprint density at radius 1 is 1.25 bits per heavy atom. The number of nitrogens with two attached hydrogens (primary N) is 1.